The van der Waals surface area contributed by atoms with Crippen LogP contribution in [-0.2, 0) is 14.3 Å². The predicted octanol–water partition coefficient (Wildman–Crippen LogP) is 4.79. The smallest absolute Gasteiger partial charge is 0.303 e. The van der Waals surface area contributed by atoms with E-state index in [0.717, 1.165) is 32.1 Å². The number of carbonyl (C=O) groups is 1. The molecule has 5 unspecified atom stereocenters. The van der Waals surface area contributed by atoms with Crippen LogP contribution >= 0.6 is 0 Å². The highest BCUT2D eigenvalue weighted by Crippen LogP contribution is 2.23. The van der Waals surface area contributed by atoms with Gasteiger partial charge in [0, 0.05) is 12.8 Å². The molecular formula is C23H44O6. The van der Waals surface area contributed by atoms with Gasteiger partial charge in [-0.15, -0.1) is 0 Å². The minimum absolute atomic E-state index is 0.0487. The third-order valence-corrected chi connectivity index (χ3v) is 5.81. The van der Waals surface area contributed by atoms with E-state index in [9.17, 15) is 15.0 Å². The average Bonchev–Trinajstić information content (AvgIpc) is 2.66. The summed E-state index contributed by atoms with van der Waals surface area (Å²) in [6.07, 6.45) is 13.6. The zero-order valence-corrected chi connectivity index (χ0v) is 18.6. The molecule has 1 heterocycles. The summed E-state index contributed by atoms with van der Waals surface area (Å²) in [5.74, 6) is -0.681. The van der Waals surface area contributed by atoms with E-state index in [1.165, 1.54) is 51.4 Å². The first kappa shape index (κ1) is 26.3. The van der Waals surface area contributed by atoms with Gasteiger partial charge in [-0.25, -0.2) is 0 Å². The summed E-state index contributed by atoms with van der Waals surface area (Å²) >= 11 is 0. The molecule has 1 saturated heterocycles. The van der Waals surface area contributed by atoms with E-state index in [1.54, 1.807) is 6.92 Å². The number of unbranched alkanes of at least 4 members (excludes halogenated alkanes) is 11. The number of aliphatic hydroxyl groups excluding tert-OH is 2. The minimum atomic E-state index is -0.756. The maximum Gasteiger partial charge on any atom is 0.303 e. The van der Waals surface area contributed by atoms with Crippen LogP contribution in [0.3, 0.4) is 0 Å². The number of ether oxygens (including phenoxy) is 2. The van der Waals surface area contributed by atoms with Crippen molar-refractivity contribution in [2.75, 3.05) is 0 Å². The number of rotatable bonds is 17. The Bertz CT molecular complexity index is 416. The Kier molecular flexibility index (Phi) is 14.6. The number of carboxylic acid groups (broad SMARTS) is 1. The third kappa shape index (κ3) is 13.3. The second-order valence-corrected chi connectivity index (χ2v) is 8.70. The first-order valence-corrected chi connectivity index (χ1v) is 11.8. The summed E-state index contributed by atoms with van der Waals surface area (Å²) in [7, 11) is 0. The van der Waals surface area contributed by atoms with E-state index in [4.69, 9.17) is 14.6 Å². The lowest BCUT2D eigenvalue weighted by atomic mass is 10.0. The Morgan fingerprint density at radius 3 is 1.90 bits per heavy atom. The van der Waals surface area contributed by atoms with Crippen LogP contribution in [-0.4, -0.2) is 52.0 Å². The molecule has 6 nitrogen and oxygen atoms in total. The van der Waals surface area contributed by atoms with Crippen LogP contribution in [0, 0.1) is 0 Å². The van der Waals surface area contributed by atoms with Crippen LogP contribution in [0.4, 0.5) is 0 Å². The lowest BCUT2D eigenvalue weighted by Crippen LogP contribution is -2.48. The van der Waals surface area contributed by atoms with Crippen molar-refractivity contribution in [3.8, 4) is 0 Å². The Morgan fingerprint density at radius 1 is 0.897 bits per heavy atom. The van der Waals surface area contributed by atoms with Crippen molar-refractivity contribution in [2.24, 2.45) is 0 Å². The molecule has 1 rings (SSSR count). The monoisotopic (exact) mass is 416 g/mol. The topological polar surface area (TPSA) is 96.2 Å². The van der Waals surface area contributed by atoms with E-state index in [0.29, 0.717) is 12.8 Å². The van der Waals surface area contributed by atoms with Gasteiger partial charge in [0.05, 0.1) is 18.3 Å². The van der Waals surface area contributed by atoms with E-state index >= 15 is 0 Å². The van der Waals surface area contributed by atoms with Gasteiger partial charge in [-0.2, -0.15) is 0 Å². The van der Waals surface area contributed by atoms with Gasteiger partial charge < -0.3 is 24.8 Å². The van der Waals surface area contributed by atoms with Gasteiger partial charge in [0.25, 0.3) is 0 Å². The molecule has 0 amide bonds. The van der Waals surface area contributed by atoms with Crippen LogP contribution in [0.2, 0.25) is 0 Å². The number of hydrogen-bond donors (Lipinski definition) is 3. The molecule has 5 atom stereocenters. The molecule has 0 radical (unpaired) electrons. The molecule has 0 aromatic carbocycles. The minimum Gasteiger partial charge on any atom is -0.481 e. The number of aliphatic hydroxyl groups is 2. The summed E-state index contributed by atoms with van der Waals surface area (Å²) in [6.45, 7) is 3.83. The highest BCUT2D eigenvalue weighted by molar-refractivity contribution is 5.66. The van der Waals surface area contributed by atoms with E-state index in [-0.39, 0.29) is 12.2 Å². The fraction of sp³-hybridized carbons (Fsp3) is 0.957. The quantitative estimate of drug-likeness (QED) is 0.295. The van der Waals surface area contributed by atoms with Crippen molar-refractivity contribution < 1.29 is 29.6 Å². The van der Waals surface area contributed by atoms with Gasteiger partial charge in [-0.05, 0) is 26.7 Å². The Morgan fingerprint density at radius 2 is 1.38 bits per heavy atom. The number of hydrogen-bond acceptors (Lipinski definition) is 5. The molecule has 0 aromatic rings. The molecule has 29 heavy (non-hydrogen) atoms. The fourth-order valence-electron chi connectivity index (χ4n) is 3.84. The molecule has 0 saturated carbocycles. The summed E-state index contributed by atoms with van der Waals surface area (Å²) in [4.78, 5) is 10.4. The second-order valence-electron chi connectivity index (χ2n) is 8.70. The molecule has 0 aliphatic carbocycles. The summed E-state index contributed by atoms with van der Waals surface area (Å²) < 4.78 is 11.4. The van der Waals surface area contributed by atoms with Crippen molar-refractivity contribution in [3.05, 3.63) is 0 Å². The Balaban J connectivity index is 1.86. The van der Waals surface area contributed by atoms with Gasteiger partial charge >= 0.3 is 5.97 Å². The maximum absolute atomic E-state index is 10.4. The van der Waals surface area contributed by atoms with Crippen molar-refractivity contribution in [1.29, 1.82) is 0 Å². The average molecular weight is 417 g/mol. The highest BCUT2D eigenvalue weighted by Gasteiger charge is 2.35. The maximum atomic E-state index is 10.4. The van der Waals surface area contributed by atoms with Crippen molar-refractivity contribution in [1.82, 2.24) is 0 Å². The first-order valence-electron chi connectivity index (χ1n) is 11.8. The number of carboxylic acids is 1. The summed E-state index contributed by atoms with van der Waals surface area (Å²) in [5, 5.41) is 28.3. The van der Waals surface area contributed by atoms with Gasteiger partial charge in [-0.3, -0.25) is 4.79 Å². The fourth-order valence-corrected chi connectivity index (χ4v) is 3.84. The normalized spacial score (nSPS) is 25.8. The van der Waals surface area contributed by atoms with Crippen LogP contribution < -0.4 is 0 Å². The Labute approximate surface area is 177 Å². The zero-order valence-electron chi connectivity index (χ0n) is 18.6. The zero-order chi connectivity index (χ0) is 21.5. The standard InChI is InChI=1S/C23H44O6/c1-18(28-23-21(25)17-20(24)19(2)29-23)15-13-11-9-7-5-3-4-6-8-10-12-14-16-22(26)27/h18-21,23-25H,3-17H2,1-2H3,(H,26,27). The lowest BCUT2D eigenvalue weighted by Gasteiger charge is -2.36. The van der Waals surface area contributed by atoms with Crippen molar-refractivity contribution in [2.45, 2.75) is 141 Å². The molecule has 0 aromatic heterocycles. The number of aliphatic carboxylic acids is 1. The predicted molar refractivity (Wildman–Crippen MR) is 114 cm³/mol. The SMILES string of the molecule is CC(CCCCCCCCCCCCCCC(=O)O)OC1OC(C)C(O)CC1O. The molecular weight excluding hydrogens is 372 g/mol. The van der Waals surface area contributed by atoms with Gasteiger partial charge in [0.2, 0.25) is 0 Å². The van der Waals surface area contributed by atoms with Crippen LogP contribution in [0.25, 0.3) is 0 Å². The van der Waals surface area contributed by atoms with E-state index in [2.05, 4.69) is 0 Å². The molecule has 1 aliphatic heterocycles. The van der Waals surface area contributed by atoms with Gasteiger partial charge in [0.1, 0.15) is 6.10 Å². The first-order chi connectivity index (χ1) is 13.9. The molecule has 1 aliphatic rings. The Hall–Kier alpha value is -0.690. The molecule has 0 bridgehead atoms. The van der Waals surface area contributed by atoms with Gasteiger partial charge in [0.15, 0.2) is 6.29 Å². The van der Waals surface area contributed by atoms with Crippen LogP contribution in [0.5, 0.6) is 0 Å². The molecule has 1 fully saturated rings. The summed E-state index contributed by atoms with van der Waals surface area (Å²) in [5.41, 5.74) is 0. The lowest BCUT2D eigenvalue weighted by molar-refractivity contribution is -0.273. The van der Waals surface area contributed by atoms with E-state index in [1.807, 2.05) is 6.92 Å². The molecule has 3 N–H and O–H groups in total. The van der Waals surface area contributed by atoms with Crippen LogP contribution in [0.1, 0.15) is 110 Å². The molecule has 172 valence electrons. The second kappa shape index (κ2) is 16.1. The molecule has 6 heteroatoms. The molecule has 0 spiro atoms. The highest BCUT2D eigenvalue weighted by atomic mass is 16.7. The largest absolute Gasteiger partial charge is 0.481 e. The van der Waals surface area contributed by atoms with Crippen molar-refractivity contribution in [3.63, 3.8) is 0 Å². The van der Waals surface area contributed by atoms with Crippen LogP contribution in [0.15, 0.2) is 0 Å². The summed E-state index contributed by atoms with van der Waals surface area (Å²) in [6, 6.07) is 0. The van der Waals surface area contributed by atoms with Crippen molar-refractivity contribution >= 4 is 5.97 Å². The third-order valence-electron chi connectivity index (χ3n) is 5.81. The van der Waals surface area contributed by atoms with Gasteiger partial charge in [-0.1, -0.05) is 70.6 Å². The van der Waals surface area contributed by atoms with E-state index < -0.39 is 24.5 Å².